The maximum atomic E-state index is 13.0. The third-order valence-corrected chi connectivity index (χ3v) is 4.01. The van der Waals surface area contributed by atoms with E-state index in [9.17, 15) is 13.2 Å². The van der Waals surface area contributed by atoms with Crippen molar-refractivity contribution in [1.29, 1.82) is 0 Å². The predicted octanol–water partition coefficient (Wildman–Crippen LogP) is 4.15. The van der Waals surface area contributed by atoms with Crippen molar-refractivity contribution < 1.29 is 13.2 Å². The molecular formula is C14H19BrF3N3. The lowest BCUT2D eigenvalue weighted by Gasteiger charge is -2.20. The summed E-state index contributed by atoms with van der Waals surface area (Å²) in [6.45, 7) is 3.27. The monoisotopic (exact) mass is 365 g/mol. The highest BCUT2D eigenvalue weighted by atomic mass is 79.9. The molecule has 1 saturated heterocycles. The topological polar surface area (TPSA) is 28.2 Å². The van der Waals surface area contributed by atoms with Gasteiger partial charge in [0.25, 0.3) is 0 Å². The quantitative estimate of drug-likeness (QED) is 0.868. The predicted molar refractivity (Wildman–Crippen MR) is 80.3 cm³/mol. The summed E-state index contributed by atoms with van der Waals surface area (Å²) < 4.78 is 39.2. The molecule has 2 heterocycles. The van der Waals surface area contributed by atoms with Crippen molar-refractivity contribution in [1.82, 2.24) is 9.88 Å². The van der Waals surface area contributed by atoms with Crippen LogP contribution < -0.4 is 5.32 Å². The Labute approximate surface area is 131 Å². The standard InChI is InChI=1S/C14H19BrF3N3/c15-11-9-12(14(16,17)18)13(20-10-11)19-5-8-21-6-3-1-2-4-7-21/h9-10H,1-8H2,(H,19,20). The Hall–Kier alpha value is -0.820. The van der Waals surface area contributed by atoms with Gasteiger partial charge >= 0.3 is 6.18 Å². The van der Waals surface area contributed by atoms with E-state index in [2.05, 4.69) is 31.1 Å². The number of rotatable bonds is 4. The third kappa shape index (κ3) is 5.14. The molecule has 0 unspecified atom stereocenters. The normalized spacial score (nSPS) is 17.5. The van der Waals surface area contributed by atoms with Crippen molar-refractivity contribution in [2.45, 2.75) is 31.9 Å². The van der Waals surface area contributed by atoms with Gasteiger partial charge in [0.15, 0.2) is 0 Å². The summed E-state index contributed by atoms with van der Waals surface area (Å²) in [6, 6.07) is 1.06. The van der Waals surface area contributed by atoms with Crippen LogP contribution in [0.2, 0.25) is 0 Å². The number of pyridine rings is 1. The van der Waals surface area contributed by atoms with E-state index >= 15 is 0 Å². The van der Waals surface area contributed by atoms with Crippen molar-refractivity contribution in [3.05, 3.63) is 22.3 Å². The lowest BCUT2D eigenvalue weighted by Crippen LogP contribution is -2.30. The molecule has 0 atom stereocenters. The highest BCUT2D eigenvalue weighted by Gasteiger charge is 2.34. The van der Waals surface area contributed by atoms with E-state index in [1.807, 2.05) is 0 Å². The van der Waals surface area contributed by atoms with Gasteiger partial charge in [-0.15, -0.1) is 0 Å². The first-order valence-electron chi connectivity index (χ1n) is 7.16. The van der Waals surface area contributed by atoms with Gasteiger partial charge in [-0.2, -0.15) is 13.2 Å². The van der Waals surface area contributed by atoms with Crippen LogP contribution in [0.25, 0.3) is 0 Å². The fraction of sp³-hybridized carbons (Fsp3) is 0.643. The van der Waals surface area contributed by atoms with Crippen molar-refractivity contribution >= 4 is 21.7 Å². The summed E-state index contributed by atoms with van der Waals surface area (Å²) in [5.41, 5.74) is -0.729. The van der Waals surface area contributed by atoms with Crippen molar-refractivity contribution in [3.63, 3.8) is 0 Å². The lowest BCUT2D eigenvalue weighted by molar-refractivity contribution is -0.137. The number of likely N-dealkylation sites (tertiary alicyclic amines) is 1. The summed E-state index contributed by atoms with van der Waals surface area (Å²) in [6.07, 6.45) is 1.81. The van der Waals surface area contributed by atoms with Crippen LogP contribution in [0.4, 0.5) is 19.0 Å². The van der Waals surface area contributed by atoms with Crippen LogP contribution in [0.15, 0.2) is 16.7 Å². The summed E-state index contributed by atoms with van der Waals surface area (Å²) in [4.78, 5) is 6.15. The van der Waals surface area contributed by atoms with Gasteiger partial charge < -0.3 is 10.2 Å². The zero-order valence-corrected chi connectivity index (χ0v) is 13.3. The molecule has 21 heavy (non-hydrogen) atoms. The number of anilines is 1. The second-order valence-electron chi connectivity index (χ2n) is 5.23. The average Bonchev–Trinajstić information content (AvgIpc) is 2.68. The lowest BCUT2D eigenvalue weighted by atomic mass is 10.2. The molecule has 0 aliphatic carbocycles. The minimum atomic E-state index is -4.40. The van der Waals surface area contributed by atoms with Gasteiger partial charge in [0.1, 0.15) is 5.82 Å². The van der Waals surface area contributed by atoms with Crippen LogP contribution >= 0.6 is 15.9 Å². The fourth-order valence-corrected chi connectivity index (χ4v) is 2.82. The molecule has 3 nitrogen and oxygen atoms in total. The second-order valence-corrected chi connectivity index (χ2v) is 6.15. The van der Waals surface area contributed by atoms with E-state index in [0.717, 1.165) is 25.7 Å². The molecule has 0 amide bonds. The summed E-state index contributed by atoms with van der Waals surface area (Å²) in [5.74, 6) is -0.0967. The Morgan fingerprint density at radius 3 is 2.48 bits per heavy atom. The molecule has 1 aliphatic rings. The van der Waals surface area contributed by atoms with E-state index in [0.29, 0.717) is 11.0 Å². The van der Waals surface area contributed by atoms with Crippen LogP contribution in [-0.2, 0) is 6.18 Å². The van der Waals surface area contributed by atoms with E-state index < -0.39 is 11.7 Å². The van der Waals surface area contributed by atoms with Crippen LogP contribution in [0.5, 0.6) is 0 Å². The van der Waals surface area contributed by atoms with Gasteiger partial charge in [-0.25, -0.2) is 4.98 Å². The van der Waals surface area contributed by atoms with Gasteiger partial charge in [-0.3, -0.25) is 0 Å². The molecule has 7 heteroatoms. The largest absolute Gasteiger partial charge is 0.419 e. The highest BCUT2D eigenvalue weighted by molar-refractivity contribution is 9.10. The zero-order valence-electron chi connectivity index (χ0n) is 11.7. The minimum Gasteiger partial charge on any atom is -0.368 e. The average molecular weight is 366 g/mol. The maximum absolute atomic E-state index is 13.0. The molecule has 2 rings (SSSR count). The molecule has 1 fully saturated rings. The Bertz CT molecular complexity index is 457. The van der Waals surface area contributed by atoms with Crippen LogP contribution in [0, 0.1) is 0 Å². The molecule has 0 saturated carbocycles. The molecular weight excluding hydrogens is 347 g/mol. The number of nitrogens with zero attached hydrogens (tertiary/aromatic N) is 2. The van der Waals surface area contributed by atoms with Gasteiger partial charge in [-0.1, -0.05) is 12.8 Å². The number of alkyl halides is 3. The Kier molecular flexibility index (Phi) is 5.87. The molecule has 0 aromatic carbocycles. The van der Waals surface area contributed by atoms with E-state index in [4.69, 9.17) is 0 Å². The molecule has 1 aromatic heterocycles. The number of halogens is 4. The summed E-state index contributed by atoms with van der Waals surface area (Å²) in [5, 5.41) is 2.82. The van der Waals surface area contributed by atoms with Crippen molar-refractivity contribution in [2.75, 3.05) is 31.5 Å². The smallest absolute Gasteiger partial charge is 0.368 e. The molecule has 1 N–H and O–H groups in total. The third-order valence-electron chi connectivity index (χ3n) is 3.58. The Morgan fingerprint density at radius 2 is 1.86 bits per heavy atom. The van der Waals surface area contributed by atoms with Crippen molar-refractivity contribution in [2.24, 2.45) is 0 Å². The summed E-state index contributed by atoms with van der Waals surface area (Å²) >= 11 is 3.03. The van der Waals surface area contributed by atoms with E-state index in [1.165, 1.54) is 31.9 Å². The Balaban J connectivity index is 1.93. The first-order chi connectivity index (χ1) is 9.97. The number of aromatic nitrogens is 1. The van der Waals surface area contributed by atoms with Crippen LogP contribution in [0.3, 0.4) is 0 Å². The molecule has 0 radical (unpaired) electrons. The van der Waals surface area contributed by atoms with E-state index in [-0.39, 0.29) is 5.82 Å². The van der Waals surface area contributed by atoms with Crippen LogP contribution in [0.1, 0.15) is 31.2 Å². The zero-order chi connectivity index (χ0) is 15.3. The molecule has 1 aromatic rings. The molecule has 118 valence electrons. The minimum absolute atomic E-state index is 0.0967. The SMILES string of the molecule is FC(F)(F)c1cc(Br)cnc1NCCN1CCCCCC1. The van der Waals surface area contributed by atoms with Gasteiger partial charge in [0.2, 0.25) is 0 Å². The first-order valence-corrected chi connectivity index (χ1v) is 7.95. The Morgan fingerprint density at radius 1 is 1.19 bits per heavy atom. The number of nitrogens with one attached hydrogen (secondary N) is 1. The maximum Gasteiger partial charge on any atom is 0.419 e. The van der Waals surface area contributed by atoms with Gasteiger partial charge in [0, 0.05) is 23.8 Å². The molecule has 0 spiro atoms. The van der Waals surface area contributed by atoms with E-state index in [1.54, 1.807) is 0 Å². The molecule has 1 aliphatic heterocycles. The highest BCUT2D eigenvalue weighted by Crippen LogP contribution is 2.35. The fourth-order valence-electron chi connectivity index (χ4n) is 2.49. The summed E-state index contributed by atoms with van der Waals surface area (Å²) in [7, 11) is 0. The van der Waals surface area contributed by atoms with Crippen molar-refractivity contribution in [3.8, 4) is 0 Å². The van der Waals surface area contributed by atoms with Gasteiger partial charge in [0.05, 0.1) is 5.56 Å². The van der Waals surface area contributed by atoms with Crippen LogP contribution in [-0.4, -0.2) is 36.1 Å². The molecule has 0 bridgehead atoms. The number of hydrogen-bond acceptors (Lipinski definition) is 3. The number of hydrogen-bond donors (Lipinski definition) is 1. The first kappa shape index (κ1) is 16.5. The second kappa shape index (κ2) is 7.45. The van der Waals surface area contributed by atoms with Gasteiger partial charge in [-0.05, 0) is 47.9 Å².